The SMILES string of the molecule is CC1CC(C)CN(S(=O)(=O)Nc2c(Cl)ncnc2Cl)C1. The van der Waals surface area contributed by atoms with Gasteiger partial charge in [-0.1, -0.05) is 37.0 Å². The molecule has 2 unspecified atom stereocenters. The van der Waals surface area contributed by atoms with Crippen molar-refractivity contribution in [3.05, 3.63) is 16.6 Å². The van der Waals surface area contributed by atoms with Crippen LogP contribution in [0.4, 0.5) is 5.69 Å². The number of aromatic nitrogens is 2. The normalized spacial score (nSPS) is 24.6. The van der Waals surface area contributed by atoms with Crippen LogP contribution in [0.25, 0.3) is 0 Å². The van der Waals surface area contributed by atoms with Crippen LogP contribution < -0.4 is 4.72 Å². The molecule has 0 radical (unpaired) electrons. The molecule has 6 nitrogen and oxygen atoms in total. The van der Waals surface area contributed by atoms with Crippen LogP contribution in [0.15, 0.2) is 6.33 Å². The van der Waals surface area contributed by atoms with E-state index in [2.05, 4.69) is 14.7 Å². The lowest BCUT2D eigenvalue weighted by molar-refractivity contribution is 0.223. The number of nitrogens with zero attached hydrogens (tertiary/aromatic N) is 3. The van der Waals surface area contributed by atoms with E-state index in [9.17, 15) is 8.42 Å². The van der Waals surface area contributed by atoms with Crippen LogP contribution in [0, 0.1) is 11.8 Å². The topological polar surface area (TPSA) is 75.2 Å². The molecule has 0 aliphatic carbocycles. The van der Waals surface area contributed by atoms with E-state index < -0.39 is 10.2 Å². The van der Waals surface area contributed by atoms with Crippen molar-refractivity contribution in [1.29, 1.82) is 0 Å². The van der Waals surface area contributed by atoms with E-state index in [1.165, 1.54) is 10.6 Å². The molecule has 0 saturated carbocycles. The summed E-state index contributed by atoms with van der Waals surface area (Å²) >= 11 is 11.7. The second-order valence-corrected chi connectivity index (χ2v) is 7.59. The molecule has 1 N–H and O–H groups in total. The van der Waals surface area contributed by atoms with Gasteiger partial charge in [-0.3, -0.25) is 4.72 Å². The Morgan fingerprint density at radius 1 is 1.20 bits per heavy atom. The molecule has 20 heavy (non-hydrogen) atoms. The predicted octanol–water partition coefficient (Wildman–Crippen LogP) is 2.42. The zero-order valence-electron chi connectivity index (χ0n) is 11.2. The van der Waals surface area contributed by atoms with Crippen molar-refractivity contribution in [2.45, 2.75) is 20.3 Å². The predicted molar refractivity (Wildman–Crippen MR) is 79.1 cm³/mol. The zero-order valence-corrected chi connectivity index (χ0v) is 13.5. The molecule has 2 rings (SSSR count). The summed E-state index contributed by atoms with van der Waals surface area (Å²) in [4.78, 5) is 7.45. The average Bonchev–Trinajstić information content (AvgIpc) is 2.33. The smallest absolute Gasteiger partial charge is 0.265 e. The molecule has 2 atom stereocenters. The third-order valence-corrected chi connectivity index (χ3v) is 5.17. The molecule has 0 spiro atoms. The summed E-state index contributed by atoms with van der Waals surface area (Å²) in [5.74, 6) is 0.626. The van der Waals surface area contributed by atoms with Crippen LogP contribution in [0.3, 0.4) is 0 Å². The highest BCUT2D eigenvalue weighted by Crippen LogP contribution is 2.29. The largest absolute Gasteiger partial charge is 0.301 e. The van der Waals surface area contributed by atoms with Crippen LogP contribution in [-0.4, -0.2) is 35.8 Å². The summed E-state index contributed by atoms with van der Waals surface area (Å²) in [6.07, 6.45) is 2.19. The van der Waals surface area contributed by atoms with Gasteiger partial charge in [0.15, 0.2) is 10.3 Å². The Balaban J connectivity index is 2.23. The standard InChI is InChI=1S/C11H16Cl2N4O2S/c1-7-3-8(2)5-17(4-7)20(18,19)16-9-10(12)14-6-15-11(9)13/h6-8,16H,3-5H2,1-2H3. The van der Waals surface area contributed by atoms with Crippen molar-refractivity contribution < 1.29 is 8.42 Å². The van der Waals surface area contributed by atoms with Crippen LogP contribution in [0.2, 0.25) is 10.3 Å². The van der Waals surface area contributed by atoms with Crippen molar-refractivity contribution in [3.63, 3.8) is 0 Å². The Labute approximate surface area is 128 Å². The van der Waals surface area contributed by atoms with Gasteiger partial charge in [0.2, 0.25) is 0 Å². The molecule has 0 bridgehead atoms. The Morgan fingerprint density at radius 2 is 1.70 bits per heavy atom. The summed E-state index contributed by atoms with van der Waals surface area (Å²) in [6, 6.07) is 0. The fraction of sp³-hybridized carbons (Fsp3) is 0.636. The van der Waals surface area contributed by atoms with E-state index in [0.29, 0.717) is 24.9 Å². The number of hydrogen-bond acceptors (Lipinski definition) is 4. The lowest BCUT2D eigenvalue weighted by atomic mass is 9.94. The monoisotopic (exact) mass is 338 g/mol. The molecule has 1 saturated heterocycles. The van der Waals surface area contributed by atoms with E-state index in [0.717, 1.165) is 6.42 Å². The molecule has 0 amide bonds. The van der Waals surface area contributed by atoms with Crippen molar-refractivity contribution in [2.24, 2.45) is 11.8 Å². The van der Waals surface area contributed by atoms with Gasteiger partial charge in [0.05, 0.1) is 0 Å². The van der Waals surface area contributed by atoms with Crippen LogP contribution >= 0.6 is 23.2 Å². The van der Waals surface area contributed by atoms with E-state index >= 15 is 0 Å². The molecule has 1 aromatic rings. The van der Waals surface area contributed by atoms with E-state index in [1.54, 1.807) is 0 Å². The summed E-state index contributed by atoms with van der Waals surface area (Å²) in [6.45, 7) is 5.01. The molecule has 1 aliphatic rings. The summed E-state index contributed by atoms with van der Waals surface area (Å²) in [7, 11) is -3.71. The van der Waals surface area contributed by atoms with Crippen molar-refractivity contribution in [3.8, 4) is 0 Å². The first-order valence-electron chi connectivity index (χ1n) is 6.23. The third-order valence-electron chi connectivity index (χ3n) is 3.16. The summed E-state index contributed by atoms with van der Waals surface area (Å²) < 4.78 is 28.6. The lowest BCUT2D eigenvalue weighted by Crippen LogP contribution is -2.45. The van der Waals surface area contributed by atoms with Crippen molar-refractivity contribution in [2.75, 3.05) is 17.8 Å². The third kappa shape index (κ3) is 3.52. The molecule has 112 valence electrons. The maximum absolute atomic E-state index is 12.4. The Morgan fingerprint density at radius 3 is 2.20 bits per heavy atom. The van der Waals surface area contributed by atoms with Gasteiger partial charge in [-0.05, 0) is 18.3 Å². The molecule has 9 heteroatoms. The molecule has 0 aromatic carbocycles. The van der Waals surface area contributed by atoms with Gasteiger partial charge in [0.25, 0.3) is 0 Å². The van der Waals surface area contributed by atoms with Gasteiger partial charge >= 0.3 is 10.2 Å². The minimum atomic E-state index is -3.71. The molecule has 1 fully saturated rings. The van der Waals surface area contributed by atoms with Crippen LogP contribution in [0.1, 0.15) is 20.3 Å². The van der Waals surface area contributed by atoms with Gasteiger partial charge in [0.1, 0.15) is 12.0 Å². The molecule has 2 heterocycles. The highest BCUT2D eigenvalue weighted by molar-refractivity contribution is 7.90. The summed E-state index contributed by atoms with van der Waals surface area (Å²) in [5.41, 5.74) is 0.0155. The number of piperidine rings is 1. The van der Waals surface area contributed by atoms with Crippen molar-refractivity contribution in [1.82, 2.24) is 14.3 Å². The minimum absolute atomic E-state index is 0.0155. The first kappa shape index (κ1) is 15.8. The summed E-state index contributed by atoms with van der Waals surface area (Å²) in [5, 5.41) is -0.0432. The van der Waals surface area contributed by atoms with E-state index in [1.807, 2.05) is 13.8 Å². The Bertz CT molecular complexity index is 566. The van der Waals surface area contributed by atoms with E-state index in [-0.39, 0.29) is 16.0 Å². The second kappa shape index (κ2) is 6.01. The minimum Gasteiger partial charge on any atom is -0.265 e. The number of nitrogens with one attached hydrogen (secondary N) is 1. The maximum atomic E-state index is 12.4. The van der Waals surface area contributed by atoms with Crippen molar-refractivity contribution >= 4 is 39.1 Å². The highest BCUT2D eigenvalue weighted by Gasteiger charge is 2.31. The quantitative estimate of drug-likeness (QED) is 0.858. The molecular formula is C11H16Cl2N4O2S. The second-order valence-electron chi connectivity index (χ2n) is 5.20. The maximum Gasteiger partial charge on any atom is 0.301 e. The molecule has 1 aromatic heterocycles. The Hall–Kier alpha value is -0.630. The first-order valence-corrected chi connectivity index (χ1v) is 8.43. The fourth-order valence-corrected chi connectivity index (χ4v) is 4.43. The number of hydrogen-bond donors (Lipinski definition) is 1. The van der Waals surface area contributed by atoms with Gasteiger partial charge in [-0.25, -0.2) is 9.97 Å². The Kier molecular flexibility index (Phi) is 4.73. The van der Waals surface area contributed by atoms with Crippen LogP contribution in [0.5, 0.6) is 0 Å². The van der Waals surface area contributed by atoms with Gasteiger partial charge in [0, 0.05) is 13.1 Å². The molecule has 1 aliphatic heterocycles. The van der Waals surface area contributed by atoms with E-state index in [4.69, 9.17) is 23.2 Å². The highest BCUT2D eigenvalue weighted by atomic mass is 35.5. The average molecular weight is 339 g/mol. The molecular weight excluding hydrogens is 323 g/mol. The van der Waals surface area contributed by atoms with Crippen LogP contribution in [-0.2, 0) is 10.2 Å². The number of halogens is 2. The first-order chi connectivity index (χ1) is 9.29. The number of anilines is 1. The van der Waals surface area contributed by atoms with Gasteiger partial charge in [-0.2, -0.15) is 12.7 Å². The van der Waals surface area contributed by atoms with Gasteiger partial charge in [-0.15, -0.1) is 0 Å². The fourth-order valence-electron chi connectivity index (χ4n) is 2.42. The van der Waals surface area contributed by atoms with Gasteiger partial charge < -0.3 is 0 Å². The zero-order chi connectivity index (χ0) is 14.9. The lowest BCUT2D eigenvalue weighted by Gasteiger charge is -2.34. The number of rotatable bonds is 3.